The van der Waals surface area contributed by atoms with E-state index in [0.29, 0.717) is 12.8 Å². The third-order valence-corrected chi connectivity index (χ3v) is 5.57. The zero-order chi connectivity index (χ0) is 21.2. The standard InChI is InChI=1S/C22H31N3O4/c1-22(2,3)29-21(28)24(4)16-10-12-25(13-11-16)17-7-5-6-15(14-17)18-8-9-19(26)23-20(18)27/h5-7,14,16,18H,8-13H2,1-4H3,(H,23,26,27). The highest BCUT2D eigenvalue weighted by atomic mass is 16.6. The molecule has 1 N–H and O–H groups in total. The molecule has 0 aliphatic carbocycles. The van der Waals surface area contributed by atoms with E-state index < -0.39 is 5.60 Å². The van der Waals surface area contributed by atoms with Gasteiger partial charge in [0.1, 0.15) is 5.60 Å². The minimum absolute atomic E-state index is 0.152. The van der Waals surface area contributed by atoms with E-state index in [4.69, 9.17) is 4.74 Å². The van der Waals surface area contributed by atoms with Gasteiger partial charge in [0.05, 0.1) is 5.92 Å². The Hall–Kier alpha value is -2.57. The molecule has 0 saturated carbocycles. The van der Waals surface area contributed by atoms with E-state index in [1.807, 2.05) is 39.0 Å². The van der Waals surface area contributed by atoms with Crippen LogP contribution in [0.4, 0.5) is 10.5 Å². The smallest absolute Gasteiger partial charge is 0.410 e. The van der Waals surface area contributed by atoms with E-state index >= 15 is 0 Å². The highest BCUT2D eigenvalue weighted by molar-refractivity contribution is 6.01. The summed E-state index contributed by atoms with van der Waals surface area (Å²) in [5, 5.41) is 2.43. The Balaban J connectivity index is 1.60. The summed E-state index contributed by atoms with van der Waals surface area (Å²) in [6, 6.07) is 8.17. The molecule has 0 spiro atoms. The molecule has 1 aromatic rings. The van der Waals surface area contributed by atoms with Crippen molar-refractivity contribution in [3.63, 3.8) is 0 Å². The highest BCUT2D eigenvalue weighted by Gasteiger charge is 2.30. The molecule has 7 heteroatoms. The summed E-state index contributed by atoms with van der Waals surface area (Å²) < 4.78 is 5.48. The molecule has 3 amide bonds. The fourth-order valence-corrected chi connectivity index (χ4v) is 3.94. The van der Waals surface area contributed by atoms with Crippen molar-refractivity contribution in [2.45, 2.75) is 64.0 Å². The van der Waals surface area contributed by atoms with Crippen LogP contribution >= 0.6 is 0 Å². The predicted octanol–water partition coefficient (Wildman–Crippen LogP) is 3.04. The van der Waals surface area contributed by atoms with Crippen LogP contribution in [0.2, 0.25) is 0 Å². The van der Waals surface area contributed by atoms with Crippen molar-refractivity contribution in [3.8, 4) is 0 Å². The number of rotatable bonds is 3. The van der Waals surface area contributed by atoms with E-state index in [2.05, 4.69) is 16.3 Å². The van der Waals surface area contributed by atoms with Crippen LogP contribution in [0, 0.1) is 0 Å². The molecule has 2 saturated heterocycles. The van der Waals surface area contributed by atoms with Gasteiger partial charge >= 0.3 is 6.09 Å². The molecule has 2 aliphatic rings. The number of ether oxygens (including phenoxy) is 1. The van der Waals surface area contributed by atoms with Crippen molar-refractivity contribution in [1.29, 1.82) is 0 Å². The first-order valence-electron chi connectivity index (χ1n) is 10.3. The third kappa shape index (κ3) is 5.28. The number of nitrogens with zero attached hydrogens (tertiary/aromatic N) is 2. The Kier molecular flexibility index (Phi) is 6.15. The number of hydrogen-bond donors (Lipinski definition) is 1. The first-order chi connectivity index (χ1) is 13.6. The van der Waals surface area contributed by atoms with Crippen molar-refractivity contribution < 1.29 is 19.1 Å². The molecular formula is C22H31N3O4. The Morgan fingerprint density at radius 3 is 2.48 bits per heavy atom. The molecule has 7 nitrogen and oxygen atoms in total. The fourth-order valence-electron chi connectivity index (χ4n) is 3.94. The minimum Gasteiger partial charge on any atom is -0.444 e. The minimum atomic E-state index is -0.498. The van der Waals surface area contributed by atoms with Crippen LogP contribution < -0.4 is 10.2 Å². The van der Waals surface area contributed by atoms with E-state index in [1.165, 1.54) is 0 Å². The largest absolute Gasteiger partial charge is 0.444 e. The first-order valence-corrected chi connectivity index (χ1v) is 10.3. The lowest BCUT2D eigenvalue weighted by molar-refractivity contribution is -0.134. The summed E-state index contributed by atoms with van der Waals surface area (Å²) in [5.74, 6) is -0.682. The maximum absolute atomic E-state index is 12.3. The van der Waals surface area contributed by atoms with E-state index in [1.54, 1.807) is 11.9 Å². The lowest BCUT2D eigenvalue weighted by atomic mass is 9.90. The second-order valence-corrected chi connectivity index (χ2v) is 8.91. The number of imide groups is 1. The molecule has 29 heavy (non-hydrogen) atoms. The van der Waals surface area contributed by atoms with Crippen LogP contribution in [-0.4, -0.2) is 54.6 Å². The maximum atomic E-state index is 12.3. The normalized spacial score (nSPS) is 21.0. The zero-order valence-corrected chi connectivity index (χ0v) is 17.7. The van der Waals surface area contributed by atoms with Crippen molar-refractivity contribution in [1.82, 2.24) is 10.2 Å². The lowest BCUT2D eigenvalue weighted by Gasteiger charge is -2.38. The second kappa shape index (κ2) is 8.43. The second-order valence-electron chi connectivity index (χ2n) is 8.91. The van der Waals surface area contributed by atoms with Crippen LogP contribution in [0.25, 0.3) is 0 Å². The average molecular weight is 402 g/mol. The number of carbonyl (C=O) groups is 3. The summed E-state index contributed by atoms with van der Waals surface area (Å²) in [4.78, 5) is 39.9. The first kappa shape index (κ1) is 21.1. The number of carbonyl (C=O) groups excluding carboxylic acids is 3. The maximum Gasteiger partial charge on any atom is 0.410 e. The number of benzene rings is 1. The van der Waals surface area contributed by atoms with Crippen molar-refractivity contribution in [2.24, 2.45) is 0 Å². The van der Waals surface area contributed by atoms with Gasteiger partial charge in [-0.25, -0.2) is 4.79 Å². The van der Waals surface area contributed by atoms with Crippen LogP contribution in [0.3, 0.4) is 0 Å². The van der Waals surface area contributed by atoms with Gasteiger partial charge in [0.15, 0.2) is 0 Å². The van der Waals surface area contributed by atoms with Crippen molar-refractivity contribution in [2.75, 3.05) is 25.0 Å². The van der Waals surface area contributed by atoms with E-state index in [9.17, 15) is 14.4 Å². The molecule has 158 valence electrons. The van der Waals surface area contributed by atoms with Gasteiger partial charge in [-0.1, -0.05) is 12.1 Å². The zero-order valence-electron chi connectivity index (χ0n) is 17.7. The average Bonchev–Trinajstić information content (AvgIpc) is 2.66. The molecular weight excluding hydrogens is 370 g/mol. The van der Waals surface area contributed by atoms with Gasteiger partial charge in [0.2, 0.25) is 11.8 Å². The Labute approximate surface area is 172 Å². The lowest BCUT2D eigenvalue weighted by Crippen LogP contribution is -2.47. The van der Waals surface area contributed by atoms with Crippen LogP contribution in [0.5, 0.6) is 0 Å². The molecule has 2 aliphatic heterocycles. The van der Waals surface area contributed by atoms with Gasteiger partial charge in [-0.15, -0.1) is 0 Å². The fraction of sp³-hybridized carbons (Fsp3) is 0.591. The molecule has 0 bridgehead atoms. The number of piperidine rings is 2. The highest BCUT2D eigenvalue weighted by Crippen LogP contribution is 2.29. The van der Waals surface area contributed by atoms with Gasteiger partial charge in [-0.05, 0) is 57.7 Å². The summed E-state index contributed by atoms with van der Waals surface area (Å²) in [5.41, 5.74) is 1.52. The molecule has 2 fully saturated rings. The van der Waals surface area contributed by atoms with E-state index in [-0.39, 0.29) is 29.9 Å². The van der Waals surface area contributed by atoms with E-state index in [0.717, 1.165) is 37.2 Å². The quantitative estimate of drug-likeness (QED) is 0.788. The topological polar surface area (TPSA) is 79.0 Å². The molecule has 1 aromatic carbocycles. The van der Waals surface area contributed by atoms with Crippen LogP contribution in [0.15, 0.2) is 24.3 Å². The number of nitrogens with one attached hydrogen (secondary N) is 1. The number of hydrogen-bond acceptors (Lipinski definition) is 5. The van der Waals surface area contributed by atoms with Gasteiger partial charge in [-0.3, -0.25) is 14.9 Å². The van der Waals surface area contributed by atoms with Gasteiger partial charge < -0.3 is 14.5 Å². The molecule has 2 heterocycles. The summed E-state index contributed by atoms with van der Waals surface area (Å²) in [6.45, 7) is 7.28. The SMILES string of the molecule is CN(C(=O)OC(C)(C)C)C1CCN(c2cccc(C3CCC(=O)NC3=O)c2)CC1. The van der Waals surface area contributed by atoms with Crippen LogP contribution in [0.1, 0.15) is 57.9 Å². The third-order valence-electron chi connectivity index (χ3n) is 5.57. The van der Waals surface area contributed by atoms with Gasteiger partial charge in [0, 0.05) is 38.3 Å². The number of anilines is 1. The Bertz CT molecular complexity index is 779. The molecule has 1 unspecified atom stereocenters. The summed E-state index contributed by atoms with van der Waals surface area (Å²) in [7, 11) is 1.80. The van der Waals surface area contributed by atoms with Crippen molar-refractivity contribution >= 4 is 23.6 Å². The summed E-state index contributed by atoms with van der Waals surface area (Å²) >= 11 is 0. The van der Waals surface area contributed by atoms with Gasteiger partial charge in [0.25, 0.3) is 0 Å². The van der Waals surface area contributed by atoms with Gasteiger partial charge in [-0.2, -0.15) is 0 Å². The van der Waals surface area contributed by atoms with Crippen LogP contribution in [-0.2, 0) is 14.3 Å². The summed E-state index contributed by atoms with van der Waals surface area (Å²) in [6.07, 6.45) is 2.37. The number of amides is 3. The Morgan fingerprint density at radius 2 is 1.86 bits per heavy atom. The monoisotopic (exact) mass is 401 g/mol. The molecule has 3 rings (SSSR count). The predicted molar refractivity (Wildman–Crippen MR) is 111 cm³/mol. The van der Waals surface area contributed by atoms with Crippen molar-refractivity contribution in [3.05, 3.63) is 29.8 Å². The molecule has 1 atom stereocenters. The molecule has 0 aromatic heterocycles. The Morgan fingerprint density at radius 1 is 1.17 bits per heavy atom. The molecule has 0 radical (unpaired) electrons.